The number of rotatable bonds is 6. The summed E-state index contributed by atoms with van der Waals surface area (Å²) in [5.74, 6) is -0.464. The smallest absolute Gasteiger partial charge is 0.318 e. The summed E-state index contributed by atoms with van der Waals surface area (Å²) < 4.78 is 0. The quantitative estimate of drug-likeness (QED) is 0.441. The van der Waals surface area contributed by atoms with Gasteiger partial charge >= 0.3 is 6.03 Å². The molecular weight excluding hydrogens is 186 g/mol. The van der Waals surface area contributed by atoms with Crippen molar-refractivity contribution < 1.29 is 14.7 Å². The van der Waals surface area contributed by atoms with Crippen LogP contribution in [0.5, 0.6) is 0 Å². The molecule has 0 spiro atoms. The van der Waals surface area contributed by atoms with Crippen molar-refractivity contribution in [3.63, 3.8) is 0 Å². The monoisotopic (exact) mass is 203 g/mol. The fraction of sp³-hybridized carbons (Fsp3) is 0.750. The molecule has 3 amide bonds. The summed E-state index contributed by atoms with van der Waals surface area (Å²) in [4.78, 5) is 21.2. The highest BCUT2D eigenvalue weighted by molar-refractivity contribution is 5.94. The lowest BCUT2D eigenvalue weighted by Gasteiger charge is -2.14. The second-order valence-corrected chi connectivity index (χ2v) is 2.91. The van der Waals surface area contributed by atoms with Crippen LogP contribution in [0, 0.1) is 0 Å². The van der Waals surface area contributed by atoms with E-state index in [0.717, 1.165) is 6.42 Å². The first-order valence-electron chi connectivity index (χ1n) is 4.53. The van der Waals surface area contributed by atoms with E-state index >= 15 is 0 Å². The molecule has 5 N–H and O–H groups in total. The van der Waals surface area contributed by atoms with E-state index in [1.54, 1.807) is 0 Å². The Bertz CT molecular complexity index is 196. The summed E-state index contributed by atoms with van der Waals surface area (Å²) in [5.41, 5.74) is 4.75. The summed E-state index contributed by atoms with van der Waals surface area (Å²) in [6, 6.07) is -0.773. The lowest BCUT2D eigenvalue weighted by molar-refractivity contribution is -0.119. The molecule has 0 aliphatic rings. The Hall–Kier alpha value is -1.14. The van der Waals surface area contributed by atoms with Gasteiger partial charge in [0.15, 0.2) is 0 Å². The van der Waals surface area contributed by atoms with Gasteiger partial charge in [0.05, 0.1) is 6.54 Å². The number of imide groups is 1. The van der Waals surface area contributed by atoms with E-state index in [4.69, 9.17) is 10.8 Å². The van der Waals surface area contributed by atoms with Gasteiger partial charge < -0.3 is 16.2 Å². The van der Waals surface area contributed by atoms with Crippen LogP contribution in [0.2, 0.25) is 0 Å². The third-order valence-electron chi connectivity index (χ3n) is 1.78. The van der Waals surface area contributed by atoms with Crippen LogP contribution in [0.25, 0.3) is 0 Å². The number of aliphatic hydroxyl groups excluding tert-OH is 1. The van der Waals surface area contributed by atoms with Gasteiger partial charge in [-0.1, -0.05) is 6.92 Å². The number of hydrogen-bond donors (Lipinski definition) is 4. The van der Waals surface area contributed by atoms with Gasteiger partial charge in [0, 0.05) is 12.6 Å². The Morgan fingerprint density at radius 2 is 2.14 bits per heavy atom. The fourth-order valence-corrected chi connectivity index (χ4v) is 1.03. The van der Waals surface area contributed by atoms with Crippen LogP contribution in [-0.4, -0.2) is 36.2 Å². The van der Waals surface area contributed by atoms with E-state index in [2.05, 4.69) is 5.32 Å². The second-order valence-electron chi connectivity index (χ2n) is 2.91. The van der Waals surface area contributed by atoms with Crippen molar-refractivity contribution in [3.8, 4) is 0 Å². The molecule has 14 heavy (non-hydrogen) atoms. The maximum atomic E-state index is 10.9. The summed E-state index contributed by atoms with van der Waals surface area (Å²) in [7, 11) is 0. The highest BCUT2D eigenvalue weighted by Gasteiger charge is 2.08. The van der Waals surface area contributed by atoms with Crippen molar-refractivity contribution in [1.82, 2.24) is 10.6 Å². The number of nitrogens with two attached hydrogens (primary N) is 1. The third-order valence-corrected chi connectivity index (χ3v) is 1.78. The Labute approximate surface area is 82.9 Å². The van der Waals surface area contributed by atoms with Gasteiger partial charge in [-0.15, -0.1) is 0 Å². The topological polar surface area (TPSA) is 104 Å². The molecule has 82 valence electrons. The number of primary amides is 1. The van der Waals surface area contributed by atoms with Crippen molar-refractivity contribution in [3.05, 3.63) is 0 Å². The SMILES string of the molecule is CCC(CCO)NCC(=O)NC(N)=O. The number of carbonyl (C=O) groups excluding carboxylic acids is 2. The molecule has 6 heteroatoms. The van der Waals surface area contributed by atoms with E-state index in [0.29, 0.717) is 6.42 Å². The van der Waals surface area contributed by atoms with Crippen molar-refractivity contribution >= 4 is 11.9 Å². The summed E-state index contributed by atoms with van der Waals surface area (Å²) >= 11 is 0. The van der Waals surface area contributed by atoms with Gasteiger partial charge in [-0.25, -0.2) is 4.79 Å². The third kappa shape index (κ3) is 6.38. The molecule has 0 fully saturated rings. The molecule has 0 saturated heterocycles. The Morgan fingerprint density at radius 1 is 1.50 bits per heavy atom. The molecule has 0 aromatic rings. The maximum Gasteiger partial charge on any atom is 0.318 e. The van der Waals surface area contributed by atoms with Crippen LogP contribution in [0.3, 0.4) is 0 Å². The molecule has 0 heterocycles. The summed E-state index contributed by atoms with van der Waals surface area (Å²) in [6.45, 7) is 2.05. The van der Waals surface area contributed by atoms with Gasteiger partial charge in [0.2, 0.25) is 5.91 Å². The number of hydrogen-bond acceptors (Lipinski definition) is 4. The molecule has 6 nitrogen and oxygen atoms in total. The molecule has 0 aromatic heterocycles. The highest BCUT2D eigenvalue weighted by atomic mass is 16.3. The zero-order valence-electron chi connectivity index (χ0n) is 8.25. The van der Waals surface area contributed by atoms with Gasteiger partial charge in [0.25, 0.3) is 0 Å². The molecule has 0 aliphatic heterocycles. The Kier molecular flexibility index (Phi) is 6.69. The lowest BCUT2D eigenvalue weighted by atomic mass is 10.1. The first kappa shape index (κ1) is 12.9. The molecule has 0 aliphatic carbocycles. The number of aliphatic hydroxyl groups is 1. The summed E-state index contributed by atoms with van der Waals surface area (Å²) in [5, 5.41) is 13.5. The molecular formula is C8H17N3O3. The molecule has 0 bridgehead atoms. The van der Waals surface area contributed by atoms with Crippen molar-refractivity contribution in [2.75, 3.05) is 13.2 Å². The normalized spacial score (nSPS) is 12.1. The average molecular weight is 203 g/mol. The second kappa shape index (κ2) is 7.28. The molecule has 0 radical (unpaired) electrons. The van der Waals surface area contributed by atoms with E-state index in [1.807, 2.05) is 12.2 Å². The minimum atomic E-state index is -0.855. The zero-order chi connectivity index (χ0) is 11.0. The molecule has 1 atom stereocenters. The minimum Gasteiger partial charge on any atom is -0.396 e. The highest BCUT2D eigenvalue weighted by Crippen LogP contribution is 1.95. The minimum absolute atomic E-state index is 0.0292. The van der Waals surface area contributed by atoms with Crippen molar-refractivity contribution in [2.24, 2.45) is 5.73 Å². The van der Waals surface area contributed by atoms with E-state index < -0.39 is 11.9 Å². The predicted molar refractivity (Wildman–Crippen MR) is 51.5 cm³/mol. The standard InChI is InChI=1S/C8H17N3O3/c1-2-6(3-4-12)10-5-7(13)11-8(9)14/h6,10,12H,2-5H2,1H3,(H3,9,11,13,14). The van der Waals surface area contributed by atoms with E-state index in [1.165, 1.54) is 0 Å². The Balaban J connectivity index is 3.67. The lowest BCUT2D eigenvalue weighted by Crippen LogP contribution is -2.43. The first-order chi connectivity index (χ1) is 6.60. The number of urea groups is 1. The van der Waals surface area contributed by atoms with Crippen LogP contribution >= 0.6 is 0 Å². The van der Waals surface area contributed by atoms with Crippen LogP contribution in [0.15, 0.2) is 0 Å². The molecule has 0 rings (SSSR count). The molecule has 0 aromatic carbocycles. The van der Waals surface area contributed by atoms with Gasteiger partial charge in [-0.05, 0) is 12.8 Å². The summed E-state index contributed by atoms with van der Waals surface area (Å²) in [6.07, 6.45) is 1.39. The van der Waals surface area contributed by atoms with Crippen LogP contribution < -0.4 is 16.4 Å². The fourth-order valence-electron chi connectivity index (χ4n) is 1.03. The van der Waals surface area contributed by atoms with E-state index in [9.17, 15) is 9.59 Å². The van der Waals surface area contributed by atoms with Gasteiger partial charge in [-0.2, -0.15) is 0 Å². The Morgan fingerprint density at radius 3 is 2.57 bits per heavy atom. The van der Waals surface area contributed by atoms with E-state index in [-0.39, 0.29) is 19.2 Å². The first-order valence-corrected chi connectivity index (χ1v) is 4.53. The number of nitrogens with one attached hydrogen (secondary N) is 2. The predicted octanol–water partition coefficient (Wildman–Crippen LogP) is -1.07. The van der Waals surface area contributed by atoms with Crippen molar-refractivity contribution in [1.29, 1.82) is 0 Å². The number of amides is 3. The van der Waals surface area contributed by atoms with Crippen LogP contribution in [0.1, 0.15) is 19.8 Å². The molecule has 0 saturated carbocycles. The molecule has 1 unspecified atom stereocenters. The zero-order valence-corrected chi connectivity index (χ0v) is 8.25. The van der Waals surface area contributed by atoms with Crippen molar-refractivity contribution in [2.45, 2.75) is 25.8 Å². The van der Waals surface area contributed by atoms with Gasteiger partial charge in [-0.3, -0.25) is 10.1 Å². The largest absolute Gasteiger partial charge is 0.396 e. The average Bonchev–Trinajstić information content (AvgIpc) is 2.11. The maximum absolute atomic E-state index is 10.9. The number of carbonyl (C=O) groups is 2. The van der Waals surface area contributed by atoms with Gasteiger partial charge in [0.1, 0.15) is 0 Å². The van der Waals surface area contributed by atoms with Crippen LogP contribution in [0.4, 0.5) is 4.79 Å². The van der Waals surface area contributed by atoms with Crippen LogP contribution in [-0.2, 0) is 4.79 Å².